The molecule has 0 radical (unpaired) electrons. The van der Waals surface area contributed by atoms with Crippen LogP contribution in [0, 0.1) is 11.3 Å². The Morgan fingerprint density at radius 3 is 2.00 bits per heavy atom. The number of aromatic nitrogens is 2. The third-order valence-corrected chi connectivity index (χ3v) is 4.61. The second-order valence-electron chi connectivity index (χ2n) is 6.69. The van der Waals surface area contributed by atoms with Gasteiger partial charge in [0.2, 0.25) is 0 Å². The first-order valence-electron chi connectivity index (χ1n) is 9.71. The second kappa shape index (κ2) is 13.2. The highest BCUT2D eigenvalue weighted by Crippen LogP contribution is 2.14. The van der Waals surface area contributed by atoms with Crippen molar-refractivity contribution >= 4 is 0 Å². The van der Waals surface area contributed by atoms with Crippen LogP contribution in [-0.2, 0) is 6.42 Å². The zero-order valence-corrected chi connectivity index (χ0v) is 15.3. The Bertz CT molecular complexity index is 430. The normalized spacial score (nSPS) is 12.2. The van der Waals surface area contributed by atoms with Crippen molar-refractivity contribution in [3.63, 3.8) is 0 Å². The molecular weight excluding hydrogens is 282 g/mol. The maximum Gasteiger partial charge on any atom is 0.119 e. The van der Waals surface area contributed by atoms with Crippen LogP contribution in [0.15, 0.2) is 12.4 Å². The van der Waals surface area contributed by atoms with Gasteiger partial charge in [0.25, 0.3) is 0 Å². The summed E-state index contributed by atoms with van der Waals surface area (Å²) in [7, 11) is 0. The number of nitriles is 1. The van der Waals surface area contributed by atoms with Crippen molar-refractivity contribution in [2.24, 2.45) is 0 Å². The van der Waals surface area contributed by atoms with Crippen LogP contribution >= 0.6 is 0 Å². The first kappa shape index (κ1) is 19.7. The fourth-order valence-electron chi connectivity index (χ4n) is 3.08. The van der Waals surface area contributed by atoms with Gasteiger partial charge in [-0.1, -0.05) is 77.6 Å². The van der Waals surface area contributed by atoms with Crippen molar-refractivity contribution in [2.75, 3.05) is 0 Å². The summed E-state index contributed by atoms with van der Waals surface area (Å²) < 4.78 is 2.00. The molecule has 0 bridgehead atoms. The van der Waals surface area contributed by atoms with Gasteiger partial charge >= 0.3 is 0 Å². The summed E-state index contributed by atoms with van der Waals surface area (Å²) in [5.41, 5.74) is 0. The van der Waals surface area contributed by atoms with E-state index in [2.05, 4.69) is 18.0 Å². The zero-order chi connectivity index (χ0) is 16.8. The Hall–Kier alpha value is -1.30. The van der Waals surface area contributed by atoms with Gasteiger partial charge in [-0.2, -0.15) is 5.26 Å². The van der Waals surface area contributed by atoms with Gasteiger partial charge in [-0.3, -0.25) is 0 Å². The van der Waals surface area contributed by atoms with Crippen molar-refractivity contribution in [1.29, 1.82) is 5.26 Å². The molecule has 0 aliphatic rings. The lowest BCUT2D eigenvalue weighted by Crippen LogP contribution is -2.06. The standard InChI is InChI=1S/C20H35N3/c1-3-4-5-6-7-8-9-10-11-12-13-14-15-20-22-16-17-23(20)19(2)18-21/h16-17,19H,3-15H2,1-2H3. The molecule has 130 valence electrons. The molecule has 0 spiro atoms. The number of hydrogen-bond donors (Lipinski definition) is 0. The molecule has 23 heavy (non-hydrogen) atoms. The molecule has 0 saturated carbocycles. The van der Waals surface area contributed by atoms with E-state index in [1.807, 2.05) is 23.9 Å². The van der Waals surface area contributed by atoms with Crippen molar-refractivity contribution < 1.29 is 0 Å². The molecule has 1 aromatic rings. The Morgan fingerprint density at radius 1 is 0.957 bits per heavy atom. The summed E-state index contributed by atoms with van der Waals surface area (Å²) in [4.78, 5) is 4.39. The number of unbranched alkanes of at least 4 members (excludes halogenated alkanes) is 11. The Balaban J connectivity index is 1.94. The Labute approximate surface area is 143 Å². The highest BCUT2D eigenvalue weighted by molar-refractivity contribution is 5.00. The van der Waals surface area contributed by atoms with E-state index in [1.165, 1.54) is 77.0 Å². The smallest absolute Gasteiger partial charge is 0.119 e. The van der Waals surface area contributed by atoms with E-state index in [0.29, 0.717) is 0 Å². The Kier molecular flexibility index (Phi) is 11.3. The molecule has 0 saturated heterocycles. The summed E-state index contributed by atoms with van der Waals surface area (Å²) in [6, 6.07) is 2.17. The summed E-state index contributed by atoms with van der Waals surface area (Å²) in [5, 5.41) is 9.01. The molecule has 1 unspecified atom stereocenters. The predicted molar refractivity (Wildman–Crippen MR) is 97.3 cm³/mol. The number of imidazole rings is 1. The van der Waals surface area contributed by atoms with Gasteiger partial charge in [-0.15, -0.1) is 0 Å². The molecule has 0 amide bonds. The minimum Gasteiger partial charge on any atom is -0.319 e. The molecular formula is C20H35N3. The number of hydrogen-bond acceptors (Lipinski definition) is 2. The minimum atomic E-state index is -0.107. The maximum atomic E-state index is 9.01. The SMILES string of the molecule is CCCCCCCCCCCCCCc1nccn1C(C)C#N. The van der Waals surface area contributed by atoms with E-state index < -0.39 is 0 Å². The van der Waals surface area contributed by atoms with Gasteiger partial charge in [-0.25, -0.2) is 4.98 Å². The van der Waals surface area contributed by atoms with Crippen LogP contribution in [0.1, 0.15) is 103 Å². The van der Waals surface area contributed by atoms with Gasteiger partial charge in [0.1, 0.15) is 11.9 Å². The summed E-state index contributed by atoms with van der Waals surface area (Å²) in [6.45, 7) is 4.20. The Morgan fingerprint density at radius 2 is 1.48 bits per heavy atom. The summed E-state index contributed by atoms with van der Waals surface area (Å²) >= 11 is 0. The fraction of sp³-hybridized carbons (Fsp3) is 0.800. The summed E-state index contributed by atoms with van der Waals surface area (Å²) in [6.07, 6.45) is 21.2. The van der Waals surface area contributed by atoms with E-state index in [0.717, 1.165) is 12.2 Å². The average Bonchev–Trinajstić information content (AvgIpc) is 3.03. The van der Waals surface area contributed by atoms with Crippen molar-refractivity contribution in [1.82, 2.24) is 9.55 Å². The van der Waals surface area contributed by atoms with E-state index in [9.17, 15) is 0 Å². The fourth-order valence-corrected chi connectivity index (χ4v) is 3.08. The monoisotopic (exact) mass is 317 g/mol. The van der Waals surface area contributed by atoms with E-state index in [-0.39, 0.29) is 6.04 Å². The lowest BCUT2D eigenvalue weighted by atomic mass is 10.0. The molecule has 1 atom stereocenters. The second-order valence-corrected chi connectivity index (χ2v) is 6.69. The van der Waals surface area contributed by atoms with Crippen molar-refractivity contribution in [3.8, 4) is 6.07 Å². The third-order valence-electron chi connectivity index (χ3n) is 4.61. The number of nitrogens with zero attached hydrogens (tertiary/aromatic N) is 3. The molecule has 0 aliphatic heterocycles. The highest BCUT2D eigenvalue weighted by Gasteiger charge is 2.08. The van der Waals surface area contributed by atoms with E-state index in [1.54, 1.807) is 0 Å². The van der Waals surface area contributed by atoms with Crippen LogP contribution in [0.5, 0.6) is 0 Å². The molecule has 0 fully saturated rings. The van der Waals surface area contributed by atoms with E-state index >= 15 is 0 Å². The van der Waals surface area contributed by atoms with Gasteiger partial charge in [0.05, 0.1) is 6.07 Å². The molecule has 1 heterocycles. The molecule has 1 aromatic heterocycles. The highest BCUT2D eigenvalue weighted by atomic mass is 15.1. The van der Waals surface area contributed by atoms with E-state index in [4.69, 9.17) is 5.26 Å². The first-order chi connectivity index (χ1) is 11.3. The van der Waals surface area contributed by atoms with Crippen LogP contribution in [0.4, 0.5) is 0 Å². The molecule has 3 nitrogen and oxygen atoms in total. The van der Waals surface area contributed by atoms with Gasteiger partial charge in [-0.05, 0) is 13.3 Å². The third kappa shape index (κ3) is 8.79. The van der Waals surface area contributed by atoms with Gasteiger partial charge in [0.15, 0.2) is 0 Å². The molecule has 3 heteroatoms. The predicted octanol–water partition coefficient (Wildman–Crippen LogP) is 6.21. The average molecular weight is 318 g/mol. The zero-order valence-electron chi connectivity index (χ0n) is 15.3. The number of aryl methyl sites for hydroxylation is 1. The molecule has 0 N–H and O–H groups in total. The van der Waals surface area contributed by atoms with Gasteiger partial charge < -0.3 is 4.57 Å². The molecule has 0 aromatic carbocycles. The maximum absolute atomic E-state index is 9.01. The first-order valence-corrected chi connectivity index (χ1v) is 9.71. The number of rotatable bonds is 14. The van der Waals surface area contributed by atoms with Crippen LogP contribution in [0.25, 0.3) is 0 Å². The molecule has 1 rings (SSSR count). The van der Waals surface area contributed by atoms with Gasteiger partial charge in [0, 0.05) is 18.8 Å². The van der Waals surface area contributed by atoms with Crippen molar-refractivity contribution in [2.45, 2.75) is 103 Å². The summed E-state index contributed by atoms with van der Waals surface area (Å²) in [5.74, 6) is 1.06. The van der Waals surface area contributed by atoms with Crippen molar-refractivity contribution in [3.05, 3.63) is 18.2 Å². The minimum absolute atomic E-state index is 0.107. The lowest BCUT2D eigenvalue weighted by molar-refractivity contribution is 0.538. The van der Waals surface area contributed by atoms with Crippen LogP contribution in [0.2, 0.25) is 0 Å². The lowest BCUT2D eigenvalue weighted by Gasteiger charge is -2.09. The quantitative estimate of drug-likeness (QED) is 0.383. The van der Waals surface area contributed by atoms with Crippen LogP contribution in [0.3, 0.4) is 0 Å². The van der Waals surface area contributed by atoms with Crippen LogP contribution < -0.4 is 0 Å². The molecule has 0 aliphatic carbocycles. The van der Waals surface area contributed by atoms with Crippen LogP contribution in [-0.4, -0.2) is 9.55 Å². The topological polar surface area (TPSA) is 41.6 Å². The largest absolute Gasteiger partial charge is 0.319 e.